The van der Waals surface area contributed by atoms with Crippen molar-refractivity contribution in [2.45, 2.75) is 43.4 Å². The molecule has 1 aromatic carbocycles. The largest absolute Gasteiger partial charge is 0.355 e. The molecule has 168 valence electrons. The molecule has 2 heterocycles. The maximum atomic E-state index is 12.9. The third kappa shape index (κ3) is 5.79. The molecule has 0 aliphatic carbocycles. The van der Waals surface area contributed by atoms with Crippen LogP contribution in [0.5, 0.6) is 0 Å². The molecule has 2 aliphatic rings. The second kappa shape index (κ2) is 9.73. The van der Waals surface area contributed by atoms with E-state index in [1.54, 1.807) is 16.4 Å². The summed E-state index contributed by atoms with van der Waals surface area (Å²) >= 11 is 0. The van der Waals surface area contributed by atoms with Gasteiger partial charge in [-0.05, 0) is 49.8 Å². The Morgan fingerprint density at radius 2 is 1.60 bits per heavy atom. The third-order valence-electron chi connectivity index (χ3n) is 5.69. The zero-order valence-corrected chi connectivity index (χ0v) is 18.6. The maximum absolute atomic E-state index is 12.9. The van der Waals surface area contributed by atoms with Crippen molar-refractivity contribution in [2.75, 3.05) is 32.7 Å². The lowest BCUT2D eigenvalue weighted by Crippen LogP contribution is -2.51. The van der Waals surface area contributed by atoms with Crippen molar-refractivity contribution in [1.82, 2.24) is 13.9 Å². The number of carbonyl (C=O) groups is 1. The number of carbonyl (C=O) groups excluding carboxylic acids is 1. The fourth-order valence-corrected chi connectivity index (χ4v) is 6.23. The highest BCUT2D eigenvalue weighted by molar-refractivity contribution is 7.89. The van der Waals surface area contributed by atoms with Gasteiger partial charge in [0, 0.05) is 32.7 Å². The van der Waals surface area contributed by atoms with Crippen LogP contribution in [-0.2, 0) is 31.4 Å². The summed E-state index contributed by atoms with van der Waals surface area (Å²) in [7, 11) is -7.22. The predicted molar refractivity (Wildman–Crippen MR) is 113 cm³/mol. The van der Waals surface area contributed by atoms with Crippen LogP contribution in [0.1, 0.15) is 37.7 Å². The van der Waals surface area contributed by atoms with Crippen LogP contribution in [0.25, 0.3) is 0 Å². The van der Waals surface area contributed by atoms with E-state index < -0.39 is 20.2 Å². The molecule has 1 amide bonds. The van der Waals surface area contributed by atoms with Crippen molar-refractivity contribution in [3.8, 4) is 0 Å². The molecular weight excluding hydrogens is 428 g/mol. The number of amides is 1. The lowest BCUT2D eigenvalue weighted by Gasteiger charge is -2.36. The number of sulfonamides is 1. The minimum absolute atomic E-state index is 0.0486. The Morgan fingerprint density at radius 3 is 2.23 bits per heavy atom. The van der Waals surface area contributed by atoms with E-state index in [2.05, 4.69) is 5.32 Å². The van der Waals surface area contributed by atoms with E-state index in [4.69, 9.17) is 5.14 Å². The smallest absolute Gasteiger partial charge is 0.281 e. The highest BCUT2D eigenvalue weighted by Crippen LogP contribution is 2.23. The van der Waals surface area contributed by atoms with Gasteiger partial charge in [-0.3, -0.25) is 4.79 Å². The van der Waals surface area contributed by atoms with E-state index in [1.807, 2.05) is 0 Å². The van der Waals surface area contributed by atoms with Gasteiger partial charge in [0.25, 0.3) is 10.2 Å². The summed E-state index contributed by atoms with van der Waals surface area (Å²) in [6, 6.07) is 6.22. The first-order valence-electron chi connectivity index (χ1n) is 10.3. The fourth-order valence-electron chi connectivity index (χ4n) is 3.95. The molecule has 0 aromatic heterocycles. The summed E-state index contributed by atoms with van der Waals surface area (Å²) in [6.45, 7) is 2.18. The number of primary sulfonamides is 1. The van der Waals surface area contributed by atoms with Gasteiger partial charge < -0.3 is 5.32 Å². The molecule has 0 saturated carbocycles. The summed E-state index contributed by atoms with van der Waals surface area (Å²) in [5, 5.41) is 7.96. The lowest BCUT2D eigenvalue weighted by molar-refractivity contribution is -0.126. The predicted octanol–water partition coefficient (Wildman–Crippen LogP) is 0.435. The molecule has 0 bridgehead atoms. The molecule has 1 unspecified atom stereocenters. The SMILES string of the molecule is NS(=O)(=O)c1ccc(CCNC(=O)C2CCCN(S(=O)(=O)N3CCCCC3)C2)cc1. The number of piperidine rings is 2. The van der Waals surface area contributed by atoms with Crippen molar-refractivity contribution in [3.05, 3.63) is 29.8 Å². The summed E-state index contributed by atoms with van der Waals surface area (Å²) in [6.07, 6.45) is 4.70. The van der Waals surface area contributed by atoms with E-state index in [1.165, 1.54) is 16.4 Å². The highest BCUT2D eigenvalue weighted by Gasteiger charge is 2.36. The number of benzene rings is 1. The van der Waals surface area contributed by atoms with Crippen molar-refractivity contribution in [3.63, 3.8) is 0 Å². The number of rotatable bonds is 7. The van der Waals surface area contributed by atoms with Gasteiger partial charge in [0.15, 0.2) is 0 Å². The molecule has 0 radical (unpaired) electrons. The van der Waals surface area contributed by atoms with E-state index in [0.717, 1.165) is 24.8 Å². The van der Waals surface area contributed by atoms with Crippen LogP contribution in [0.3, 0.4) is 0 Å². The third-order valence-corrected chi connectivity index (χ3v) is 8.62. The monoisotopic (exact) mass is 458 g/mol. The van der Waals surface area contributed by atoms with Crippen LogP contribution in [0, 0.1) is 5.92 Å². The van der Waals surface area contributed by atoms with Crippen molar-refractivity contribution < 1.29 is 21.6 Å². The zero-order valence-electron chi connectivity index (χ0n) is 17.0. The molecule has 1 atom stereocenters. The van der Waals surface area contributed by atoms with Crippen LogP contribution >= 0.6 is 0 Å². The molecule has 2 fully saturated rings. The second-order valence-electron chi connectivity index (χ2n) is 7.89. The Labute approximate surface area is 178 Å². The average molecular weight is 459 g/mol. The first-order valence-corrected chi connectivity index (χ1v) is 13.3. The number of hydrogen-bond acceptors (Lipinski definition) is 5. The first-order chi connectivity index (χ1) is 14.2. The van der Waals surface area contributed by atoms with Gasteiger partial charge in [0.1, 0.15) is 0 Å². The molecular formula is C19H30N4O5S2. The Bertz CT molecular complexity index is 942. The van der Waals surface area contributed by atoms with Crippen LogP contribution in [-0.4, -0.2) is 64.1 Å². The van der Waals surface area contributed by atoms with E-state index in [0.29, 0.717) is 45.4 Å². The fraction of sp³-hybridized carbons (Fsp3) is 0.632. The van der Waals surface area contributed by atoms with Gasteiger partial charge >= 0.3 is 0 Å². The van der Waals surface area contributed by atoms with Gasteiger partial charge in [-0.25, -0.2) is 13.6 Å². The first kappa shape index (κ1) is 23.1. The van der Waals surface area contributed by atoms with Gasteiger partial charge in [-0.15, -0.1) is 0 Å². The number of nitrogens with one attached hydrogen (secondary N) is 1. The Morgan fingerprint density at radius 1 is 0.967 bits per heavy atom. The van der Waals surface area contributed by atoms with Crippen molar-refractivity contribution in [1.29, 1.82) is 0 Å². The molecule has 9 nitrogen and oxygen atoms in total. The van der Waals surface area contributed by atoms with Crippen molar-refractivity contribution in [2.24, 2.45) is 11.1 Å². The molecule has 2 saturated heterocycles. The lowest BCUT2D eigenvalue weighted by atomic mass is 9.99. The van der Waals surface area contributed by atoms with Crippen LogP contribution in [0.2, 0.25) is 0 Å². The van der Waals surface area contributed by atoms with Gasteiger partial charge in [-0.1, -0.05) is 18.6 Å². The zero-order chi connectivity index (χ0) is 21.8. The average Bonchev–Trinajstić information content (AvgIpc) is 2.74. The number of hydrogen-bond donors (Lipinski definition) is 2. The molecule has 2 aliphatic heterocycles. The highest BCUT2D eigenvalue weighted by atomic mass is 32.2. The van der Waals surface area contributed by atoms with Crippen molar-refractivity contribution >= 4 is 26.1 Å². The quantitative estimate of drug-likeness (QED) is 0.612. The summed E-state index contributed by atoms with van der Waals surface area (Å²) < 4.78 is 51.3. The normalized spacial score (nSPS) is 22.0. The van der Waals surface area contributed by atoms with Gasteiger partial charge in [0.2, 0.25) is 15.9 Å². The Kier molecular flexibility index (Phi) is 7.51. The number of nitrogens with zero attached hydrogens (tertiary/aromatic N) is 2. The van der Waals surface area contributed by atoms with E-state index in [9.17, 15) is 21.6 Å². The number of nitrogens with two attached hydrogens (primary N) is 1. The molecule has 11 heteroatoms. The van der Waals surface area contributed by atoms with E-state index in [-0.39, 0.29) is 23.3 Å². The Balaban J connectivity index is 1.50. The van der Waals surface area contributed by atoms with Gasteiger partial charge in [-0.2, -0.15) is 17.0 Å². The van der Waals surface area contributed by atoms with Crippen LogP contribution < -0.4 is 10.5 Å². The topological polar surface area (TPSA) is 130 Å². The van der Waals surface area contributed by atoms with Crippen LogP contribution in [0.4, 0.5) is 0 Å². The maximum Gasteiger partial charge on any atom is 0.281 e. The molecule has 30 heavy (non-hydrogen) atoms. The Hall–Kier alpha value is -1.53. The summed E-state index contributed by atoms with van der Waals surface area (Å²) in [5.74, 6) is -0.502. The second-order valence-corrected chi connectivity index (χ2v) is 11.4. The minimum atomic E-state index is -3.72. The van der Waals surface area contributed by atoms with Gasteiger partial charge in [0.05, 0.1) is 10.8 Å². The summed E-state index contributed by atoms with van der Waals surface area (Å²) in [4.78, 5) is 12.6. The molecule has 0 spiro atoms. The van der Waals surface area contributed by atoms with E-state index >= 15 is 0 Å². The molecule has 3 rings (SSSR count). The summed E-state index contributed by atoms with van der Waals surface area (Å²) in [5.41, 5.74) is 0.876. The standard InChI is InChI=1S/C19H30N4O5S2/c20-29(25,26)18-8-6-16(7-9-18)10-11-21-19(24)17-5-4-14-23(15-17)30(27,28)22-12-2-1-3-13-22/h6-9,17H,1-5,10-15H2,(H,21,24)(H2,20,25,26). The molecule has 1 aromatic rings. The minimum Gasteiger partial charge on any atom is -0.355 e. The van der Waals surface area contributed by atoms with Crippen LogP contribution in [0.15, 0.2) is 29.2 Å². The molecule has 3 N–H and O–H groups in total.